The number of rotatable bonds is 9. The number of carbonyl (C=O) groups excluding carboxylic acids is 3. The molecule has 0 aliphatic heterocycles. The summed E-state index contributed by atoms with van der Waals surface area (Å²) in [5.41, 5.74) is 1.05. The third kappa shape index (κ3) is 6.24. The molecule has 1 atom stereocenters. The van der Waals surface area contributed by atoms with Gasteiger partial charge in [0.25, 0.3) is 5.91 Å². The van der Waals surface area contributed by atoms with Crippen LogP contribution in [-0.2, 0) is 25.5 Å². The highest BCUT2D eigenvalue weighted by molar-refractivity contribution is 5.92. The molecule has 2 aromatic carbocycles. The quantitative estimate of drug-likeness (QED) is 0.639. The standard InChI is InChI=1S/C21H23NO7/c1-26-17-10-9-15(12-18(17)27-2)20(24)29-13-19(23)22-16(21(25)28-3)11-14-7-5-4-6-8-14/h4-10,12,16H,11,13H2,1-3H3,(H,22,23). The molecule has 0 spiro atoms. The number of ether oxygens (including phenoxy) is 4. The predicted molar refractivity (Wildman–Crippen MR) is 104 cm³/mol. The Labute approximate surface area is 168 Å². The third-order valence-corrected chi connectivity index (χ3v) is 4.06. The minimum Gasteiger partial charge on any atom is -0.493 e. The van der Waals surface area contributed by atoms with Crippen molar-refractivity contribution in [3.8, 4) is 11.5 Å². The van der Waals surface area contributed by atoms with Crippen LogP contribution in [0.1, 0.15) is 15.9 Å². The molecule has 0 aliphatic rings. The first kappa shape index (κ1) is 21.7. The maximum Gasteiger partial charge on any atom is 0.338 e. The van der Waals surface area contributed by atoms with E-state index in [4.69, 9.17) is 18.9 Å². The average Bonchev–Trinajstić information content (AvgIpc) is 2.76. The molecule has 8 nitrogen and oxygen atoms in total. The maximum absolute atomic E-state index is 12.2. The number of carbonyl (C=O) groups is 3. The summed E-state index contributed by atoms with van der Waals surface area (Å²) in [6, 6.07) is 12.8. The van der Waals surface area contributed by atoms with Gasteiger partial charge in [-0.25, -0.2) is 9.59 Å². The highest BCUT2D eigenvalue weighted by atomic mass is 16.5. The molecule has 1 N–H and O–H groups in total. The molecule has 8 heteroatoms. The zero-order valence-corrected chi connectivity index (χ0v) is 16.5. The first-order valence-corrected chi connectivity index (χ1v) is 8.78. The number of nitrogens with one attached hydrogen (secondary N) is 1. The van der Waals surface area contributed by atoms with Gasteiger partial charge in [0.05, 0.1) is 26.9 Å². The molecule has 29 heavy (non-hydrogen) atoms. The van der Waals surface area contributed by atoms with Gasteiger partial charge in [0.2, 0.25) is 0 Å². The second kappa shape index (κ2) is 10.7. The second-order valence-electron chi connectivity index (χ2n) is 5.98. The Bertz CT molecular complexity index is 851. The van der Waals surface area contributed by atoms with E-state index in [1.807, 2.05) is 30.3 Å². The number of esters is 2. The molecule has 0 saturated carbocycles. The van der Waals surface area contributed by atoms with E-state index < -0.39 is 30.5 Å². The van der Waals surface area contributed by atoms with Crippen LogP contribution >= 0.6 is 0 Å². The molecule has 2 aromatic rings. The predicted octanol–water partition coefficient (Wildman–Crippen LogP) is 1.76. The van der Waals surface area contributed by atoms with E-state index in [0.29, 0.717) is 11.5 Å². The molecule has 0 bridgehead atoms. The van der Waals surface area contributed by atoms with E-state index in [2.05, 4.69) is 5.32 Å². The molecule has 0 aromatic heterocycles. The monoisotopic (exact) mass is 401 g/mol. The lowest BCUT2D eigenvalue weighted by molar-refractivity contribution is -0.145. The zero-order chi connectivity index (χ0) is 21.2. The summed E-state index contributed by atoms with van der Waals surface area (Å²) in [5, 5.41) is 2.53. The van der Waals surface area contributed by atoms with Gasteiger partial charge < -0.3 is 24.3 Å². The minimum atomic E-state index is -0.894. The zero-order valence-electron chi connectivity index (χ0n) is 16.5. The van der Waals surface area contributed by atoms with Crippen LogP contribution in [0.15, 0.2) is 48.5 Å². The van der Waals surface area contributed by atoms with Crippen molar-refractivity contribution in [3.05, 3.63) is 59.7 Å². The average molecular weight is 401 g/mol. The van der Waals surface area contributed by atoms with Crippen molar-refractivity contribution in [1.82, 2.24) is 5.32 Å². The number of methoxy groups -OCH3 is 3. The molecule has 154 valence electrons. The van der Waals surface area contributed by atoms with Gasteiger partial charge in [0, 0.05) is 6.42 Å². The van der Waals surface area contributed by atoms with E-state index in [9.17, 15) is 14.4 Å². The fourth-order valence-corrected chi connectivity index (χ4v) is 2.60. The van der Waals surface area contributed by atoms with Gasteiger partial charge >= 0.3 is 11.9 Å². The van der Waals surface area contributed by atoms with Gasteiger partial charge in [-0.1, -0.05) is 30.3 Å². The van der Waals surface area contributed by atoms with Crippen molar-refractivity contribution >= 4 is 17.8 Å². The van der Waals surface area contributed by atoms with E-state index in [1.165, 1.54) is 33.5 Å². The van der Waals surface area contributed by atoms with E-state index in [-0.39, 0.29) is 12.0 Å². The number of benzene rings is 2. The Morgan fingerprint density at radius 2 is 1.62 bits per heavy atom. The van der Waals surface area contributed by atoms with Crippen molar-refractivity contribution in [2.24, 2.45) is 0 Å². The van der Waals surface area contributed by atoms with Crippen LogP contribution < -0.4 is 14.8 Å². The molecular weight excluding hydrogens is 378 g/mol. The van der Waals surface area contributed by atoms with Crippen molar-refractivity contribution in [3.63, 3.8) is 0 Å². The molecule has 2 rings (SSSR count). The van der Waals surface area contributed by atoms with Gasteiger partial charge in [-0.2, -0.15) is 0 Å². The summed E-state index contributed by atoms with van der Waals surface area (Å²) < 4.78 is 20.0. The number of amides is 1. The Kier molecular flexibility index (Phi) is 8.02. The highest BCUT2D eigenvalue weighted by Crippen LogP contribution is 2.27. The molecular formula is C21H23NO7. The Morgan fingerprint density at radius 1 is 0.931 bits per heavy atom. The topological polar surface area (TPSA) is 100 Å². The first-order valence-electron chi connectivity index (χ1n) is 8.78. The largest absolute Gasteiger partial charge is 0.493 e. The van der Waals surface area contributed by atoms with E-state index in [1.54, 1.807) is 6.07 Å². The fraction of sp³-hybridized carbons (Fsp3) is 0.286. The SMILES string of the molecule is COC(=O)C(Cc1ccccc1)NC(=O)COC(=O)c1ccc(OC)c(OC)c1. The normalized spacial score (nSPS) is 11.1. The van der Waals surface area contributed by atoms with Crippen molar-refractivity contribution < 1.29 is 33.3 Å². The molecule has 0 saturated heterocycles. The molecule has 0 radical (unpaired) electrons. The van der Waals surface area contributed by atoms with Crippen LogP contribution in [0.25, 0.3) is 0 Å². The van der Waals surface area contributed by atoms with Gasteiger partial charge in [-0.15, -0.1) is 0 Å². The Morgan fingerprint density at radius 3 is 2.24 bits per heavy atom. The van der Waals surface area contributed by atoms with Crippen molar-refractivity contribution in [1.29, 1.82) is 0 Å². The van der Waals surface area contributed by atoms with Gasteiger partial charge in [0.1, 0.15) is 6.04 Å². The summed E-state index contributed by atoms with van der Waals surface area (Å²) in [6.07, 6.45) is 0.253. The highest BCUT2D eigenvalue weighted by Gasteiger charge is 2.23. The molecule has 0 aliphatic carbocycles. The van der Waals surface area contributed by atoms with Crippen LogP contribution in [0.5, 0.6) is 11.5 Å². The number of hydrogen-bond acceptors (Lipinski definition) is 7. The maximum atomic E-state index is 12.2. The van der Waals surface area contributed by atoms with Crippen LogP contribution in [-0.4, -0.2) is 51.8 Å². The molecule has 1 amide bonds. The van der Waals surface area contributed by atoms with Crippen LogP contribution in [0.4, 0.5) is 0 Å². The van der Waals surface area contributed by atoms with Gasteiger partial charge in [0.15, 0.2) is 18.1 Å². The number of hydrogen-bond donors (Lipinski definition) is 1. The molecule has 0 heterocycles. The van der Waals surface area contributed by atoms with Crippen LogP contribution in [0.3, 0.4) is 0 Å². The van der Waals surface area contributed by atoms with Gasteiger partial charge in [-0.3, -0.25) is 4.79 Å². The van der Waals surface area contributed by atoms with Crippen molar-refractivity contribution in [2.75, 3.05) is 27.9 Å². The fourth-order valence-electron chi connectivity index (χ4n) is 2.60. The first-order chi connectivity index (χ1) is 14.0. The lowest BCUT2D eigenvalue weighted by Crippen LogP contribution is -2.44. The van der Waals surface area contributed by atoms with Crippen LogP contribution in [0, 0.1) is 0 Å². The minimum absolute atomic E-state index is 0.198. The van der Waals surface area contributed by atoms with E-state index >= 15 is 0 Å². The summed E-state index contributed by atoms with van der Waals surface area (Å²) in [6.45, 7) is -0.546. The second-order valence-corrected chi connectivity index (χ2v) is 5.98. The lowest BCUT2D eigenvalue weighted by atomic mass is 10.1. The smallest absolute Gasteiger partial charge is 0.338 e. The molecule has 0 fully saturated rings. The Hall–Kier alpha value is -3.55. The van der Waals surface area contributed by atoms with Crippen molar-refractivity contribution in [2.45, 2.75) is 12.5 Å². The summed E-state index contributed by atoms with van der Waals surface area (Å²) >= 11 is 0. The summed E-state index contributed by atoms with van der Waals surface area (Å²) in [4.78, 5) is 36.3. The lowest BCUT2D eigenvalue weighted by Gasteiger charge is -2.16. The summed E-state index contributed by atoms with van der Waals surface area (Å²) in [5.74, 6) is -1.10. The van der Waals surface area contributed by atoms with Crippen LogP contribution in [0.2, 0.25) is 0 Å². The molecule has 1 unspecified atom stereocenters. The third-order valence-electron chi connectivity index (χ3n) is 4.06. The summed E-state index contributed by atoms with van der Waals surface area (Å²) in [7, 11) is 4.16. The van der Waals surface area contributed by atoms with E-state index in [0.717, 1.165) is 5.56 Å². The van der Waals surface area contributed by atoms with Gasteiger partial charge in [-0.05, 0) is 23.8 Å². The Balaban J connectivity index is 1.96.